The van der Waals surface area contributed by atoms with Crippen LogP contribution < -0.4 is 5.32 Å². The standard InChI is InChI=1S/C23H30N4O/c1-17(2)14-16-27-21(26-20-11-8-15-24-23(20)27)12-7-13-22(28)25-18(3)19-9-5-4-6-10-19/h4-6,8-11,15,17-18H,7,12-14,16H2,1-3H3,(H,25,28). The Kier molecular flexibility index (Phi) is 6.80. The monoisotopic (exact) mass is 378 g/mol. The largest absolute Gasteiger partial charge is 0.350 e. The van der Waals surface area contributed by atoms with Crippen molar-refractivity contribution in [2.75, 3.05) is 0 Å². The molecule has 5 heteroatoms. The van der Waals surface area contributed by atoms with E-state index in [2.05, 4.69) is 28.7 Å². The van der Waals surface area contributed by atoms with Crippen molar-refractivity contribution in [3.05, 3.63) is 60.0 Å². The van der Waals surface area contributed by atoms with Crippen molar-refractivity contribution in [2.24, 2.45) is 5.92 Å². The number of aryl methyl sites for hydroxylation is 2. The lowest BCUT2D eigenvalue weighted by Gasteiger charge is -2.14. The minimum Gasteiger partial charge on any atom is -0.350 e. The number of rotatable bonds is 9. The van der Waals surface area contributed by atoms with Crippen LogP contribution in [0.3, 0.4) is 0 Å². The van der Waals surface area contributed by atoms with Gasteiger partial charge in [-0.1, -0.05) is 44.2 Å². The molecule has 0 aliphatic carbocycles. The van der Waals surface area contributed by atoms with Crippen LogP contribution in [-0.2, 0) is 17.8 Å². The van der Waals surface area contributed by atoms with E-state index in [1.807, 2.05) is 55.6 Å². The van der Waals surface area contributed by atoms with Crippen LogP contribution in [0.4, 0.5) is 0 Å². The Morgan fingerprint density at radius 1 is 1.11 bits per heavy atom. The summed E-state index contributed by atoms with van der Waals surface area (Å²) in [7, 11) is 0. The Balaban J connectivity index is 1.58. The lowest BCUT2D eigenvalue weighted by molar-refractivity contribution is -0.121. The third kappa shape index (κ3) is 5.18. The molecule has 0 aliphatic rings. The van der Waals surface area contributed by atoms with E-state index in [4.69, 9.17) is 4.98 Å². The molecule has 1 amide bonds. The number of amides is 1. The first-order chi connectivity index (χ1) is 13.5. The molecule has 28 heavy (non-hydrogen) atoms. The molecule has 2 heterocycles. The summed E-state index contributed by atoms with van der Waals surface area (Å²) in [5.41, 5.74) is 3.00. The summed E-state index contributed by atoms with van der Waals surface area (Å²) < 4.78 is 2.22. The molecule has 0 fully saturated rings. The highest BCUT2D eigenvalue weighted by atomic mass is 16.1. The smallest absolute Gasteiger partial charge is 0.220 e. The van der Waals surface area contributed by atoms with Crippen LogP contribution in [0.5, 0.6) is 0 Å². The number of hydrogen-bond donors (Lipinski definition) is 1. The summed E-state index contributed by atoms with van der Waals surface area (Å²) >= 11 is 0. The topological polar surface area (TPSA) is 59.8 Å². The second kappa shape index (κ2) is 9.49. The van der Waals surface area contributed by atoms with Crippen molar-refractivity contribution in [3.63, 3.8) is 0 Å². The van der Waals surface area contributed by atoms with Crippen LogP contribution in [-0.4, -0.2) is 20.4 Å². The number of hydrogen-bond acceptors (Lipinski definition) is 3. The second-order valence-corrected chi connectivity index (χ2v) is 7.76. The van der Waals surface area contributed by atoms with Crippen LogP contribution in [0.2, 0.25) is 0 Å². The third-order valence-corrected chi connectivity index (χ3v) is 4.99. The van der Waals surface area contributed by atoms with E-state index < -0.39 is 0 Å². The minimum atomic E-state index is 0.0218. The molecule has 0 radical (unpaired) electrons. The lowest BCUT2D eigenvalue weighted by Crippen LogP contribution is -2.26. The van der Waals surface area contributed by atoms with Crippen molar-refractivity contribution in [1.82, 2.24) is 19.9 Å². The van der Waals surface area contributed by atoms with E-state index in [1.165, 1.54) is 0 Å². The molecule has 3 aromatic rings. The molecule has 0 saturated carbocycles. The zero-order chi connectivity index (χ0) is 19.9. The van der Waals surface area contributed by atoms with E-state index in [-0.39, 0.29) is 11.9 Å². The number of fused-ring (bicyclic) bond motifs is 1. The number of aromatic nitrogens is 3. The molecule has 148 valence electrons. The van der Waals surface area contributed by atoms with Crippen molar-refractivity contribution in [2.45, 2.75) is 59.0 Å². The van der Waals surface area contributed by atoms with Gasteiger partial charge in [-0.3, -0.25) is 4.79 Å². The fourth-order valence-corrected chi connectivity index (χ4v) is 3.36. The average Bonchev–Trinajstić information content (AvgIpc) is 3.04. The van der Waals surface area contributed by atoms with Crippen LogP contribution in [0.25, 0.3) is 11.2 Å². The Bertz CT molecular complexity index is 901. The first kappa shape index (κ1) is 20.1. The Morgan fingerprint density at radius 2 is 1.89 bits per heavy atom. The van der Waals surface area contributed by atoms with Crippen LogP contribution in [0.1, 0.15) is 57.5 Å². The van der Waals surface area contributed by atoms with Gasteiger partial charge in [-0.2, -0.15) is 0 Å². The molecule has 0 saturated heterocycles. The Morgan fingerprint density at radius 3 is 2.64 bits per heavy atom. The summed E-state index contributed by atoms with van der Waals surface area (Å²) in [6.45, 7) is 7.39. The molecule has 0 aliphatic heterocycles. The zero-order valence-electron chi connectivity index (χ0n) is 17.1. The van der Waals surface area contributed by atoms with Crippen LogP contribution in [0.15, 0.2) is 48.7 Å². The molecule has 2 aromatic heterocycles. The lowest BCUT2D eigenvalue weighted by atomic mass is 10.1. The number of nitrogens with one attached hydrogen (secondary N) is 1. The molecular weight excluding hydrogens is 348 g/mol. The van der Waals surface area contributed by atoms with E-state index in [0.717, 1.165) is 48.4 Å². The first-order valence-corrected chi connectivity index (χ1v) is 10.2. The third-order valence-electron chi connectivity index (χ3n) is 4.99. The highest BCUT2D eigenvalue weighted by Crippen LogP contribution is 2.18. The zero-order valence-corrected chi connectivity index (χ0v) is 17.1. The first-order valence-electron chi connectivity index (χ1n) is 10.2. The number of carbonyl (C=O) groups excluding carboxylic acids is 1. The molecular formula is C23H30N4O. The fourth-order valence-electron chi connectivity index (χ4n) is 3.36. The number of nitrogens with zero attached hydrogens (tertiary/aromatic N) is 3. The molecule has 5 nitrogen and oxygen atoms in total. The number of imidazole rings is 1. The molecule has 1 unspecified atom stereocenters. The van der Waals surface area contributed by atoms with Gasteiger partial charge in [0.2, 0.25) is 5.91 Å². The number of benzene rings is 1. The van der Waals surface area contributed by atoms with E-state index in [9.17, 15) is 4.79 Å². The minimum absolute atomic E-state index is 0.0218. The van der Waals surface area contributed by atoms with Gasteiger partial charge in [-0.25, -0.2) is 9.97 Å². The van der Waals surface area contributed by atoms with Crippen molar-refractivity contribution < 1.29 is 4.79 Å². The van der Waals surface area contributed by atoms with Crippen molar-refractivity contribution >= 4 is 17.1 Å². The average molecular weight is 379 g/mol. The molecule has 3 rings (SSSR count). The maximum absolute atomic E-state index is 12.3. The van der Waals surface area contributed by atoms with E-state index >= 15 is 0 Å². The SMILES string of the molecule is CC(C)CCn1c(CCCC(=O)NC(C)c2ccccc2)nc2cccnc21. The van der Waals surface area contributed by atoms with Gasteiger partial charge in [0.25, 0.3) is 0 Å². The summed E-state index contributed by atoms with van der Waals surface area (Å²) in [5.74, 6) is 1.73. The molecule has 1 aromatic carbocycles. The van der Waals surface area contributed by atoms with E-state index in [0.29, 0.717) is 12.3 Å². The van der Waals surface area contributed by atoms with Crippen molar-refractivity contribution in [1.29, 1.82) is 0 Å². The van der Waals surface area contributed by atoms with Gasteiger partial charge < -0.3 is 9.88 Å². The normalized spacial score (nSPS) is 12.4. The maximum atomic E-state index is 12.3. The van der Waals surface area contributed by atoms with Gasteiger partial charge in [0, 0.05) is 25.6 Å². The highest BCUT2D eigenvalue weighted by Gasteiger charge is 2.13. The van der Waals surface area contributed by atoms with Crippen LogP contribution >= 0.6 is 0 Å². The summed E-state index contributed by atoms with van der Waals surface area (Å²) in [4.78, 5) is 21.6. The molecule has 1 atom stereocenters. The Hall–Kier alpha value is -2.69. The van der Waals surface area contributed by atoms with Gasteiger partial charge in [-0.05, 0) is 43.4 Å². The second-order valence-electron chi connectivity index (χ2n) is 7.76. The number of carbonyl (C=O) groups is 1. The predicted molar refractivity (Wildman–Crippen MR) is 113 cm³/mol. The summed E-state index contributed by atoms with van der Waals surface area (Å²) in [6.07, 6.45) is 4.96. The number of pyridine rings is 1. The predicted octanol–water partition coefficient (Wildman–Crippen LogP) is 4.68. The van der Waals surface area contributed by atoms with E-state index in [1.54, 1.807) is 0 Å². The maximum Gasteiger partial charge on any atom is 0.220 e. The fraction of sp³-hybridized carbons (Fsp3) is 0.435. The summed E-state index contributed by atoms with van der Waals surface area (Å²) in [6, 6.07) is 14.0. The van der Waals surface area contributed by atoms with Crippen molar-refractivity contribution in [3.8, 4) is 0 Å². The van der Waals surface area contributed by atoms with Gasteiger partial charge in [0.1, 0.15) is 11.3 Å². The van der Waals surface area contributed by atoms with Crippen LogP contribution in [0, 0.1) is 5.92 Å². The Labute approximate surface area is 167 Å². The highest BCUT2D eigenvalue weighted by molar-refractivity contribution is 5.76. The van der Waals surface area contributed by atoms with Gasteiger partial charge in [0.15, 0.2) is 5.65 Å². The summed E-state index contributed by atoms with van der Waals surface area (Å²) in [5, 5.41) is 3.09. The quantitative estimate of drug-likeness (QED) is 0.588. The molecule has 0 spiro atoms. The van der Waals surface area contributed by atoms with Gasteiger partial charge in [0.05, 0.1) is 6.04 Å². The van der Waals surface area contributed by atoms with Gasteiger partial charge >= 0.3 is 0 Å². The van der Waals surface area contributed by atoms with Gasteiger partial charge in [-0.15, -0.1) is 0 Å². The molecule has 0 bridgehead atoms. The molecule has 1 N–H and O–H groups in total.